The van der Waals surface area contributed by atoms with Crippen molar-refractivity contribution in [3.63, 3.8) is 0 Å². The van der Waals surface area contributed by atoms with E-state index in [0.29, 0.717) is 0 Å². The van der Waals surface area contributed by atoms with Gasteiger partial charge in [-0.2, -0.15) is 0 Å². The Hall–Kier alpha value is -1.90. The molecule has 3 nitrogen and oxygen atoms in total. The van der Waals surface area contributed by atoms with E-state index in [0.717, 1.165) is 5.56 Å². The summed E-state index contributed by atoms with van der Waals surface area (Å²) in [6, 6.07) is 9.65. The molecular weight excluding hydrogens is 216 g/mol. The van der Waals surface area contributed by atoms with E-state index in [4.69, 9.17) is 4.74 Å². The Labute approximate surface area is 101 Å². The van der Waals surface area contributed by atoms with Gasteiger partial charge in [0.1, 0.15) is 11.9 Å². The number of benzene rings is 1. The number of ketones is 1. The van der Waals surface area contributed by atoms with Gasteiger partial charge < -0.3 is 4.74 Å². The predicted molar refractivity (Wildman–Crippen MR) is 66.3 cm³/mol. The predicted octanol–water partition coefficient (Wildman–Crippen LogP) is 2.61. The quantitative estimate of drug-likeness (QED) is 0.733. The molecule has 0 spiro atoms. The summed E-state index contributed by atoms with van der Waals surface area (Å²) < 4.78 is 5.04. The number of carbonyl (C=O) groups excluding carboxylic acids is 2. The Balaban J connectivity index is 2.68. The summed E-state index contributed by atoms with van der Waals surface area (Å²) in [5.41, 5.74) is 1.01. The van der Waals surface area contributed by atoms with Crippen LogP contribution in [0.5, 0.6) is 0 Å². The van der Waals surface area contributed by atoms with Crippen LogP contribution in [0.4, 0.5) is 0 Å². The van der Waals surface area contributed by atoms with Crippen LogP contribution in [0.25, 0.3) is 6.08 Å². The average molecular weight is 232 g/mol. The van der Waals surface area contributed by atoms with Crippen LogP contribution < -0.4 is 0 Å². The molecule has 0 aliphatic rings. The summed E-state index contributed by atoms with van der Waals surface area (Å²) in [5, 5.41) is 0. The van der Waals surface area contributed by atoms with Gasteiger partial charge in [-0.25, -0.2) is 0 Å². The molecule has 1 aromatic carbocycles. The first-order chi connectivity index (χ1) is 8.08. The zero-order valence-corrected chi connectivity index (χ0v) is 10.1. The Kier molecular flexibility index (Phi) is 5.14. The Morgan fingerprint density at radius 1 is 1.24 bits per heavy atom. The van der Waals surface area contributed by atoms with E-state index >= 15 is 0 Å². The first-order valence-corrected chi connectivity index (χ1v) is 5.48. The lowest BCUT2D eigenvalue weighted by molar-refractivity contribution is -0.144. The van der Waals surface area contributed by atoms with E-state index in [9.17, 15) is 9.59 Å². The highest BCUT2D eigenvalue weighted by atomic mass is 16.5. The minimum Gasteiger partial charge on any atom is -0.458 e. The third-order valence-corrected chi connectivity index (χ3v) is 2.11. The largest absolute Gasteiger partial charge is 0.458 e. The minimum absolute atomic E-state index is 0.00559. The molecule has 0 aromatic heterocycles. The number of ether oxygens (including phenoxy) is 1. The number of hydrogen-bond acceptors (Lipinski definition) is 3. The molecular formula is C14H16O3. The fourth-order valence-electron chi connectivity index (χ4n) is 1.43. The smallest absolute Gasteiger partial charge is 0.303 e. The van der Waals surface area contributed by atoms with Gasteiger partial charge in [-0.1, -0.05) is 36.4 Å². The first-order valence-electron chi connectivity index (χ1n) is 5.48. The van der Waals surface area contributed by atoms with Crippen LogP contribution in [0.2, 0.25) is 0 Å². The molecule has 90 valence electrons. The molecule has 0 radical (unpaired) electrons. The summed E-state index contributed by atoms with van der Waals surface area (Å²) in [6.45, 7) is 2.82. The highest BCUT2D eigenvalue weighted by Crippen LogP contribution is 2.07. The molecule has 0 saturated heterocycles. The molecule has 0 amide bonds. The summed E-state index contributed by atoms with van der Waals surface area (Å²) in [6.07, 6.45) is 3.31. The van der Waals surface area contributed by atoms with Crippen molar-refractivity contribution in [3.8, 4) is 0 Å². The standard InChI is InChI=1S/C14H16O3/c1-11(15)10-14(17-12(2)16)9-8-13-6-4-3-5-7-13/h3-9,14H,10H2,1-2H3/b9-8+/t14-/m0/s1. The van der Waals surface area contributed by atoms with Crippen LogP contribution in [0, 0.1) is 0 Å². The van der Waals surface area contributed by atoms with Crippen LogP contribution in [-0.4, -0.2) is 17.9 Å². The summed E-state index contributed by atoms with van der Waals surface area (Å²) in [7, 11) is 0. The Bertz CT molecular complexity index is 391. The number of rotatable bonds is 5. The second-order valence-electron chi connectivity index (χ2n) is 3.82. The SMILES string of the molecule is CC(=O)C[C@H](/C=C/c1ccccc1)OC(C)=O. The summed E-state index contributed by atoms with van der Waals surface area (Å²) in [4.78, 5) is 21.9. The first kappa shape index (κ1) is 13.2. The molecule has 1 rings (SSSR count). The van der Waals surface area contributed by atoms with E-state index in [1.54, 1.807) is 6.08 Å². The number of hydrogen-bond donors (Lipinski definition) is 0. The molecule has 0 aliphatic heterocycles. The van der Waals surface area contributed by atoms with Crippen molar-refractivity contribution in [1.82, 2.24) is 0 Å². The molecule has 0 bridgehead atoms. The van der Waals surface area contributed by atoms with Crippen molar-refractivity contribution < 1.29 is 14.3 Å². The lowest BCUT2D eigenvalue weighted by atomic mass is 10.1. The number of carbonyl (C=O) groups is 2. The molecule has 0 saturated carbocycles. The van der Waals surface area contributed by atoms with Crippen LogP contribution in [0.1, 0.15) is 25.8 Å². The highest BCUT2D eigenvalue weighted by molar-refractivity contribution is 5.77. The van der Waals surface area contributed by atoms with Crippen LogP contribution >= 0.6 is 0 Å². The van der Waals surface area contributed by atoms with Gasteiger partial charge >= 0.3 is 5.97 Å². The maximum absolute atomic E-state index is 11.0. The third-order valence-electron chi connectivity index (χ3n) is 2.11. The van der Waals surface area contributed by atoms with Gasteiger partial charge in [-0.05, 0) is 18.6 Å². The zero-order valence-electron chi connectivity index (χ0n) is 10.1. The highest BCUT2D eigenvalue weighted by Gasteiger charge is 2.10. The van der Waals surface area contributed by atoms with Crippen LogP contribution in [0.3, 0.4) is 0 Å². The Morgan fingerprint density at radius 3 is 2.41 bits per heavy atom. The van der Waals surface area contributed by atoms with E-state index in [1.165, 1.54) is 13.8 Å². The minimum atomic E-state index is -0.481. The van der Waals surface area contributed by atoms with Crippen LogP contribution in [-0.2, 0) is 14.3 Å². The van der Waals surface area contributed by atoms with Gasteiger partial charge in [-0.3, -0.25) is 9.59 Å². The van der Waals surface area contributed by atoms with Gasteiger partial charge in [0.05, 0.1) is 0 Å². The number of esters is 1. The number of Topliss-reactive ketones (excluding diaryl/α,β-unsaturated/α-hetero) is 1. The molecule has 0 unspecified atom stereocenters. The molecule has 1 aromatic rings. The monoisotopic (exact) mass is 232 g/mol. The molecule has 0 N–H and O–H groups in total. The second-order valence-corrected chi connectivity index (χ2v) is 3.82. The fourth-order valence-corrected chi connectivity index (χ4v) is 1.43. The van der Waals surface area contributed by atoms with Crippen molar-refractivity contribution >= 4 is 17.8 Å². The van der Waals surface area contributed by atoms with Gasteiger partial charge in [0, 0.05) is 13.3 Å². The normalized spacial score (nSPS) is 12.4. The molecule has 0 aliphatic carbocycles. The van der Waals surface area contributed by atoms with Crippen molar-refractivity contribution in [2.75, 3.05) is 0 Å². The van der Waals surface area contributed by atoms with Gasteiger partial charge in [0.2, 0.25) is 0 Å². The van der Waals surface area contributed by atoms with Crippen LogP contribution in [0.15, 0.2) is 36.4 Å². The topological polar surface area (TPSA) is 43.4 Å². The van der Waals surface area contributed by atoms with Crippen molar-refractivity contribution in [1.29, 1.82) is 0 Å². The second kappa shape index (κ2) is 6.63. The third kappa shape index (κ3) is 5.66. The van der Waals surface area contributed by atoms with E-state index in [-0.39, 0.29) is 18.2 Å². The molecule has 17 heavy (non-hydrogen) atoms. The van der Waals surface area contributed by atoms with E-state index in [1.807, 2.05) is 36.4 Å². The molecule has 1 atom stereocenters. The van der Waals surface area contributed by atoms with Gasteiger partial charge in [0.25, 0.3) is 0 Å². The lowest BCUT2D eigenvalue weighted by Crippen LogP contribution is -2.16. The summed E-state index contributed by atoms with van der Waals surface area (Å²) in [5.74, 6) is -0.386. The van der Waals surface area contributed by atoms with E-state index < -0.39 is 6.10 Å². The van der Waals surface area contributed by atoms with Gasteiger partial charge in [-0.15, -0.1) is 0 Å². The molecule has 3 heteroatoms. The maximum atomic E-state index is 11.0. The van der Waals surface area contributed by atoms with E-state index in [2.05, 4.69) is 0 Å². The lowest BCUT2D eigenvalue weighted by Gasteiger charge is -2.10. The fraction of sp³-hybridized carbons (Fsp3) is 0.286. The summed E-state index contributed by atoms with van der Waals surface area (Å²) >= 11 is 0. The average Bonchev–Trinajstić information content (AvgIpc) is 2.26. The van der Waals surface area contributed by atoms with Crippen molar-refractivity contribution in [2.24, 2.45) is 0 Å². The molecule has 0 heterocycles. The molecule has 0 fully saturated rings. The van der Waals surface area contributed by atoms with Crippen molar-refractivity contribution in [3.05, 3.63) is 42.0 Å². The Morgan fingerprint density at radius 2 is 1.88 bits per heavy atom. The maximum Gasteiger partial charge on any atom is 0.303 e. The van der Waals surface area contributed by atoms with Crippen molar-refractivity contribution in [2.45, 2.75) is 26.4 Å². The zero-order chi connectivity index (χ0) is 12.7. The van der Waals surface area contributed by atoms with Gasteiger partial charge in [0.15, 0.2) is 0 Å².